The van der Waals surface area contributed by atoms with Gasteiger partial charge in [-0.05, 0) is 53.9 Å². The Kier molecular flexibility index (Phi) is 5.36. The molecule has 1 unspecified atom stereocenters. The predicted molar refractivity (Wildman–Crippen MR) is 142 cm³/mol. The van der Waals surface area contributed by atoms with Crippen molar-refractivity contribution < 1.29 is 4.79 Å². The topological polar surface area (TPSA) is 59.8 Å². The molecule has 1 N–H and O–H groups in total. The van der Waals surface area contributed by atoms with E-state index in [1.165, 1.54) is 28.1 Å². The molecule has 2 aromatic carbocycles. The van der Waals surface area contributed by atoms with Crippen LogP contribution >= 0.6 is 24.0 Å². The minimum absolute atomic E-state index is 0.000764. The smallest absolute Gasteiger partial charge is 0.239 e. The number of thiocarbonyl (C=S) groups is 1. The number of benzene rings is 2. The number of hydrogen-bond donors (Lipinski definition) is 1. The lowest BCUT2D eigenvalue weighted by molar-refractivity contribution is -0.118. The van der Waals surface area contributed by atoms with E-state index in [9.17, 15) is 4.79 Å². The summed E-state index contributed by atoms with van der Waals surface area (Å²) in [6, 6.07) is 24.9. The van der Waals surface area contributed by atoms with Gasteiger partial charge in [0.1, 0.15) is 4.32 Å². The standard InChI is InChI=1S/C27H20N4OS2/c32-26-25(34-27(33)30-26)14-17-9-11-24-20(13-17)19-5-1-2-7-23(19)31(24)16-18-8-10-22(29-15-18)21-6-3-4-12-28-21/h1-13,15,25H,14,16H2,(H,30,32,33). The van der Waals surface area contributed by atoms with Crippen molar-refractivity contribution in [2.24, 2.45) is 0 Å². The molecule has 1 aliphatic heterocycles. The SMILES string of the molecule is O=C1NC(=S)SC1Cc1ccc2c(c1)c1ccccc1n2Cc1ccc(-c2ccccn2)nc1. The van der Waals surface area contributed by atoms with Crippen molar-refractivity contribution in [3.05, 3.63) is 96.3 Å². The van der Waals surface area contributed by atoms with E-state index in [2.05, 4.69) is 68.4 Å². The van der Waals surface area contributed by atoms with Crippen molar-refractivity contribution in [1.82, 2.24) is 19.9 Å². The van der Waals surface area contributed by atoms with Gasteiger partial charge in [0, 0.05) is 40.7 Å². The molecule has 34 heavy (non-hydrogen) atoms. The number of amides is 1. The highest BCUT2D eigenvalue weighted by Gasteiger charge is 2.29. The van der Waals surface area contributed by atoms with Gasteiger partial charge < -0.3 is 9.88 Å². The molecule has 0 spiro atoms. The van der Waals surface area contributed by atoms with Crippen LogP contribution < -0.4 is 5.32 Å². The summed E-state index contributed by atoms with van der Waals surface area (Å²) in [4.78, 5) is 21.2. The Balaban J connectivity index is 1.35. The van der Waals surface area contributed by atoms with Gasteiger partial charge in [-0.25, -0.2) is 0 Å². The van der Waals surface area contributed by atoms with Gasteiger partial charge in [-0.2, -0.15) is 0 Å². The van der Waals surface area contributed by atoms with Crippen molar-refractivity contribution in [1.29, 1.82) is 0 Å². The van der Waals surface area contributed by atoms with E-state index in [1.54, 1.807) is 6.20 Å². The Morgan fingerprint density at radius 2 is 1.68 bits per heavy atom. The summed E-state index contributed by atoms with van der Waals surface area (Å²) in [5.41, 5.74) is 6.33. The van der Waals surface area contributed by atoms with Crippen LogP contribution in [0, 0.1) is 0 Å². The molecule has 4 heterocycles. The summed E-state index contributed by atoms with van der Waals surface area (Å²) < 4.78 is 2.90. The second-order valence-electron chi connectivity index (χ2n) is 8.31. The molecule has 0 saturated carbocycles. The number of nitrogens with one attached hydrogen (secondary N) is 1. The molecule has 0 aliphatic carbocycles. The van der Waals surface area contributed by atoms with Gasteiger partial charge in [0.2, 0.25) is 5.91 Å². The molecular formula is C27H20N4OS2. The summed E-state index contributed by atoms with van der Waals surface area (Å²) >= 11 is 6.59. The maximum Gasteiger partial charge on any atom is 0.239 e. The number of pyridine rings is 2. The van der Waals surface area contributed by atoms with Crippen LogP contribution in [0.15, 0.2) is 85.2 Å². The highest BCUT2D eigenvalue weighted by molar-refractivity contribution is 8.24. The summed E-state index contributed by atoms with van der Waals surface area (Å²) in [6.45, 7) is 0.716. The summed E-state index contributed by atoms with van der Waals surface area (Å²) in [5.74, 6) is -0.000764. The number of thioether (sulfide) groups is 1. The first-order valence-corrected chi connectivity index (χ1v) is 12.3. The molecule has 1 amide bonds. The second-order valence-corrected chi connectivity index (χ2v) is 10.2. The number of hydrogen-bond acceptors (Lipinski definition) is 5. The first-order chi connectivity index (χ1) is 16.7. The van der Waals surface area contributed by atoms with Crippen molar-refractivity contribution in [2.45, 2.75) is 18.2 Å². The third-order valence-electron chi connectivity index (χ3n) is 6.12. The summed E-state index contributed by atoms with van der Waals surface area (Å²) in [5, 5.41) is 4.97. The summed E-state index contributed by atoms with van der Waals surface area (Å²) in [7, 11) is 0. The van der Waals surface area contributed by atoms with E-state index >= 15 is 0 Å². The first-order valence-electron chi connectivity index (χ1n) is 11.0. The van der Waals surface area contributed by atoms with Crippen LogP contribution in [0.5, 0.6) is 0 Å². The third kappa shape index (κ3) is 3.87. The quantitative estimate of drug-likeness (QED) is 0.343. The average Bonchev–Trinajstić information content (AvgIpc) is 3.35. The molecule has 3 aromatic heterocycles. The maximum absolute atomic E-state index is 12.2. The number of para-hydroxylation sites is 1. The van der Waals surface area contributed by atoms with E-state index in [4.69, 9.17) is 12.2 Å². The number of aromatic nitrogens is 3. The minimum Gasteiger partial charge on any atom is -0.336 e. The molecule has 5 aromatic rings. The average molecular weight is 481 g/mol. The van der Waals surface area contributed by atoms with E-state index in [0.717, 1.165) is 28.0 Å². The highest BCUT2D eigenvalue weighted by Crippen LogP contribution is 2.32. The molecule has 1 aliphatic rings. The minimum atomic E-state index is -0.165. The van der Waals surface area contributed by atoms with Gasteiger partial charge in [-0.3, -0.25) is 14.8 Å². The fourth-order valence-corrected chi connectivity index (χ4v) is 5.81. The van der Waals surface area contributed by atoms with Gasteiger partial charge in [0.15, 0.2) is 0 Å². The number of rotatable bonds is 5. The maximum atomic E-state index is 12.2. The van der Waals surface area contributed by atoms with Crippen LogP contribution in [-0.2, 0) is 17.8 Å². The van der Waals surface area contributed by atoms with Crippen LogP contribution in [0.1, 0.15) is 11.1 Å². The Labute approximate surface area is 206 Å². The normalized spacial score (nSPS) is 15.8. The largest absolute Gasteiger partial charge is 0.336 e. The Morgan fingerprint density at radius 1 is 0.882 bits per heavy atom. The molecule has 166 valence electrons. The van der Waals surface area contributed by atoms with Gasteiger partial charge in [0.05, 0.1) is 16.6 Å². The molecule has 0 bridgehead atoms. The number of fused-ring (bicyclic) bond motifs is 3. The van der Waals surface area contributed by atoms with Crippen LogP contribution in [0.4, 0.5) is 0 Å². The van der Waals surface area contributed by atoms with Gasteiger partial charge >= 0.3 is 0 Å². The van der Waals surface area contributed by atoms with E-state index < -0.39 is 0 Å². The van der Waals surface area contributed by atoms with Crippen LogP contribution in [0.2, 0.25) is 0 Å². The zero-order valence-corrected chi connectivity index (χ0v) is 19.8. The van der Waals surface area contributed by atoms with Gasteiger partial charge in [-0.15, -0.1) is 0 Å². The number of nitrogens with zero attached hydrogens (tertiary/aromatic N) is 3. The molecule has 7 heteroatoms. The van der Waals surface area contributed by atoms with Crippen molar-refractivity contribution in [2.75, 3.05) is 0 Å². The molecule has 0 radical (unpaired) electrons. The Hall–Kier alpha value is -3.55. The fourth-order valence-electron chi connectivity index (χ4n) is 4.51. The second kappa shape index (κ2) is 8.66. The number of carbonyl (C=O) groups excluding carboxylic acids is 1. The van der Waals surface area contributed by atoms with E-state index in [-0.39, 0.29) is 11.2 Å². The molecule has 1 saturated heterocycles. The zero-order valence-electron chi connectivity index (χ0n) is 18.1. The lowest BCUT2D eigenvalue weighted by Crippen LogP contribution is -2.25. The first kappa shape index (κ1) is 21.0. The van der Waals surface area contributed by atoms with Crippen LogP contribution in [0.3, 0.4) is 0 Å². The van der Waals surface area contributed by atoms with Crippen LogP contribution in [-0.4, -0.2) is 30.0 Å². The van der Waals surface area contributed by atoms with Crippen molar-refractivity contribution in [3.63, 3.8) is 0 Å². The molecular weight excluding hydrogens is 460 g/mol. The third-order valence-corrected chi connectivity index (χ3v) is 7.49. The van der Waals surface area contributed by atoms with Gasteiger partial charge in [-0.1, -0.05) is 60.4 Å². The van der Waals surface area contributed by atoms with E-state index in [1.807, 2.05) is 30.5 Å². The number of carbonyl (C=O) groups is 1. The summed E-state index contributed by atoms with van der Waals surface area (Å²) in [6.07, 6.45) is 4.37. The van der Waals surface area contributed by atoms with Crippen LogP contribution in [0.25, 0.3) is 33.2 Å². The Morgan fingerprint density at radius 3 is 2.44 bits per heavy atom. The highest BCUT2D eigenvalue weighted by atomic mass is 32.2. The Bertz CT molecular complexity index is 1540. The molecule has 6 rings (SSSR count). The fraction of sp³-hybridized carbons (Fsp3) is 0.111. The zero-order chi connectivity index (χ0) is 23.1. The lowest BCUT2D eigenvalue weighted by atomic mass is 10.1. The van der Waals surface area contributed by atoms with Crippen molar-refractivity contribution in [3.8, 4) is 11.4 Å². The van der Waals surface area contributed by atoms with Crippen molar-refractivity contribution >= 4 is 56.0 Å². The lowest BCUT2D eigenvalue weighted by Gasteiger charge is -2.09. The predicted octanol–water partition coefficient (Wildman–Crippen LogP) is 5.36. The molecule has 5 nitrogen and oxygen atoms in total. The molecule has 1 fully saturated rings. The van der Waals surface area contributed by atoms with E-state index in [0.29, 0.717) is 17.3 Å². The van der Waals surface area contributed by atoms with Gasteiger partial charge in [0.25, 0.3) is 0 Å². The molecule has 1 atom stereocenters. The monoisotopic (exact) mass is 480 g/mol.